The number of aromatic nitrogens is 2. The highest BCUT2D eigenvalue weighted by Gasteiger charge is 2.07. The lowest BCUT2D eigenvalue weighted by atomic mass is 10.1. The summed E-state index contributed by atoms with van der Waals surface area (Å²) in [6, 6.07) is 18.8. The molecular weight excluding hydrogens is 262 g/mol. The number of nitrogens with zero attached hydrogens (tertiary/aromatic N) is 2. The quantitative estimate of drug-likeness (QED) is 0.797. The van der Waals surface area contributed by atoms with Crippen molar-refractivity contribution in [3.8, 4) is 11.1 Å². The Kier molecular flexibility index (Phi) is 3.69. The van der Waals surface area contributed by atoms with Gasteiger partial charge in [-0.05, 0) is 17.7 Å². The molecule has 3 aromatic rings. The van der Waals surface area contributed by atoms with Gasteiger partial charge in [0.05, 0.1) is 0 Å². The van der Waals surface area contributed by atoms with Gasteiger partial charge < -0.3 is 0 Å². The first kappa shape index (κ1) is 13.0. The second-order valence-electron chi connectivity index (χ2n) is 4.48. The maximum absolute atomic E-state index is 12.0. The van der Waals surface area contributed by atoms with Crippen molar-refractivity contribution in [1.82, 2.24) is 9.97 Å². The largest absolute Gasteiger partial charge is 0.290 e. The zero-order valence-corrected chi connectivity index (χ0v) is 11.2. The molecule has 2 aromatic carbocycles. The molecule has 0 aliphatic rings. The molecule has 0 saturated carbocycles. The standard InChI is InChI=1S/C17H13N3O/c21-16(14-9-5-2-6-10-14)20-17-18-11-15(12-19-17)13-7-3-1-4-8-13/h1-12H,(H,18,19,20,21). The van der Waals surface area contributed by atoms with Gasteiger partial charge in [-0.25, -0.2) is 9.97 Å². The van der Waals surface area contributed by atoms with Crippen LogP contribution in [-0.2, 0) is 0 Å². The van der Waals surface area contributed by atoms with Crippen LogP contribution in [0.5, 0.6) is 0 Å². The minimum Gasteiger partial charge on any atom is -0.290 e. The fraction of sp³-hybridized carbons (Fsp3) is 0. The van der Waals surface area contributed by atoms with Crippen molar-refractivity contribution in [1.29, 1.82) is 0 Å². The van der Waals surface area contributed by atoms with Crippen LogP contribution < -0.4 is 5.32 Å². The summed E-state index contributed by atoms with van der Waals surface area (Å²) in [5.41, 5.74) is 2.53. The summed E-state index contributed by atoms with van der Waals surface area (Å²) in [4.78, 5) is 20.3. The molecule has 1 amide bonds. The fourth-order valence-corrected chi connectivity index (χ4v) is 1.94. The van der Waals surface area contributed by atoms with Crippen LogP contribution in [0.25, 0.3) is 11.1 Å². The summed E-state index contributed by atoms with van der Waals surface area (Å²) < 4.78 is 0. The van der Waals surface area contributed by atoms with Gasteiger partial charge in [0.15, 0.2) is 0 Å². The van der Waals surface area contributed by atoms with E-state index in [1.165, 1.54) is 0 Å². The van der Waals surface area contributed by atoms with Crippen LogP contribution >= 0.6 is 0 Å². The lowest BCUT2D eigenvalue weighted by molar-refractivity contribution is 0.102. The molecule has 4 nitrogen and oxygen atoms in total. The average Bonchev–Trinajstić information content (AvgIpc) is 2.57. The van der Waals surface area contributed by atoms with Crippen molar-refractivity contribution >= 4 is 11.9 Å². The Labute approximate surface area is 122 Å². The predicted molar refractivity (Wildman–Crippen MR) is 81.9 cm³/mol. The Morgan fingerprint density at radius 1 is 0.762 bits per heavy atom. The second kappa shape index (κ2) is 5.96. The minimum absolute atomic E-state index is 0.219. The normalized spacial score (nSPS) is 10.1. The van der Waals surface area contributed by atoms with E-state index in [1.54, 1.807) is 24.5 Å². The van der Waals surface area contributed by atoms with E-state index in [0.717, 1.165) is 11.1 Å². The summed E-state index contributed by atoms with van der Waals surface area (Å²) in [6.07, 6.45) is 3.39. The number of hydrogen-bond donors (Lipinski definition) is 1. The van der Waals surface area contributed by atoms with Gasteiger partial charge in [0.2, 0.25) is 5.95 Å². The monoisotopic (exact) mass is 275 g/mol. The molecule has 0 fully saturated rings. The maximum atomic E-state index is 12.0. The fourth-order valence-electron chi connectivity index (χ4n) is 1.94. The molecule has 4 heteroatoms. The number of carbonyl (C=O) groups is 1. The van der Waals surface area contributed by atoms with Gasteiger partial charge in [-0.1, -0.05) is 48.5 Å². The number of benzene rings is 2. The van der Waals surface area contributed by atoms with E-state index in [9.17, 15) is 4.79 Å². The molecular formula is C17H13N3O. The lowest BCUT2D eigenvalue weighted by Gasteiger charge is -2.05. The molecule has 21 heavy (non-hydrogen) atoms. The van der Waals surface area contributed by atoms with Gasteiger partial charge >= 0.3 is 0 Å². The topological polar surface area (TPSA) is 54.9 Å². The minimum atomic E-state index is -0.219. The Bertz CT molecular complexity index is 725. The van der Waals surface area contributed by atoms with Crippen molar-refractivity contribution in [2.24, 2.45) is 0 Å². The maximum Gasteiger partial charge on any atom is 0.258 e. The zero-order valence-electron chi connectivity index (χ0n) is 11.2. The smallest absolute Gasteiger partial charge is 0.258 e. The molecule has 3 rings (SSSR count). The van der Waals surface area contributed by atoms with Gasteiger partial charge in [-0.15, -0.1) is 0 Å². The molecule has 1 N–H and O–H groups in total. The van der Waals surface area contributed by atoms with Crippen LogP contribution in [0.1, 0.15) is 10.4 Å². The molecule has 0 aliphatic carbocycles. The SMILES string of the molecule is O=C(Nc1ncc(-c2ccccc2)cn1)c1ccccc1. The van der Waals surface area contributed by atoms with E-state index in [0.29, 0.717) is 11.5 Å². The molecule has 0 saturated heterocycles. The summed E-state index contributed by atoms with van der Waals surface area (Å²) in [6.45, 7) is 0. The summed E-state index contributed by atoms with van der Waals surface area (Å²) in [5.74, 6) is 0.0756. The number of hydrogen-bond acceptors (Lipinski definition) is 3. The van der Waals surface area contributed by atoms with E-state index in [-0.39, 0.29) is 5.91 Å². The summed E-state index contributed by atoms with van der Waals surface area (Å²) in [5, 5.41) is 2.68. The zero-order chi connectivity index (χ0) is 14.5. The number of carbonyl (C=O) groups excluding carboxylic acids is 1. The van der Waals surface area contributed by atoms with Gasteiger partial charge in [0.25, 0.3) is 5.91 Å². The van der Waals surface area contributed by atoms with Crippen LogP contribution in [0.2, 0.25) is 0 Å². The van der Waals surface area contributed by atoms with E-state index in [2.05, 4.69) is 15.3 Å². The van der Waals surface area contributed by atoms with E-state index >= 15 is 0 Å². The van der Waals surface area contributed by atoms with Crippen LogP contribution in [-0.4, -0.2) is 15.9 Å². The highest BCUT2D eigenvalue weighted by Crippen LogP contribution is 2.17. The Morgan fingerprint density at radius 3 is 1.95 bits per heavy atom. The Morgan fingerprint density at radius 2 is 1.33 bits per heavy atom. The van der Waals surface area contributed by atoms with Gasteiger partial charge in [0, 0.05) is 23.5 Å². The molecule has 1 aromatic heterocycles. The number of rotatable bonds is 3. The first-order valence-corrected chi connectivity index (χ1v) is 6.57. The highest BCUT2D eigenvalue weighted by molar-refractivity contribution is 6.03. The summed E-state index contributed by atoms with van der Waals surface area (Å²) >= 11 is 0. The van der Waals surface area contributed by atoms with Crippen molar-refractivity contribution in [3.05, 3.63) is 78.6 Å². The molecule has 0 aliphatic heterocycles. The van der Waals surface area contributed by atoms with Gasteiger partial charge in [-0.3, -0.25) is 10.1 Å². The van der Waals surface area contributed by atoms with Crippen LogP contribution in [0.4, 0.5) is 5.95 Å². The van der Waals surface area contributed by atoms with Gasteiger partial charge in [0.1, 0.15) is 0 Å². The number of anilines is 1. The molecule has 102 valence electrons. The first-order valence-electron chi connectivity index (χ1n) is 6.57. The first-order chi connectivity index (χ1) is 10.3. The third-order valence-electron chi connectivity index (χ3n) is 3.02. The molecule has 0 bridgehead atoms. The van der Waals surface area contributed by atoms with Crippen molar-refractivity contribution in [3.63, 3.8) is 0 Å². The molecule has 0 unspecified atom stereocenters. The van der Waals surface area contributed by atoms with Crippen LogP contribution in [0.3, 0.4) is 0 Å². The van der Waals surface area contributed by atoms with Crippen molar-refractivity contribution < 1.29 is 4.79 Å². The van der Waals surface area contributed by atoms with Gasteiger partial charge in [-0.2, -0.15) is 0 Å². The molecule has 0 radical (unpaired) electrons. The highest BCUT2D eigenvalue weighted by atomic mass is 16.1. The second-order valence-corrected chi connectivity index (χ2v) is 4.48. The molecule has 0 atom stereocenters. The predicted octanol–water partition coefficient (Wildman–Crippen LogP) is 3.40. The third-order valence-corrected chi connectivity index (χ3v) is 3.02. The van der Waals surface area contributed by atoms with Crippen molar-refractivity contribution in [2.45, 2.75) is 0 Å². The number of nitrogens with one attached hydrogen (secondary N) is 1. The Balaban J connectivity index is 1.75. The summed E-state index contributed by atoms with van der Waals surface area (Å²) in [7, 11) is 0. The van der Waals surface area contributed by atoms with Crippen LogP contribution in [0.15, 0.2) is 73.1 Å². The van der Waals surface area contributed by atoms with Crippen LogP contribution in [0, 0.1) is 0 Å². The van der Waals surface area contributed by atoms with E-state index in [1.807, 2.05) is 48.5 Å². The average molecular weight is 275 g/mol. The molecule has 0 spiro atoms. The van der Waals surface area contributed by atoms with Crippen molar-refractivity contribution in [2.75, 3.05) is 5.32 Å². The number of amides is 1. The molecule has 1 heterocycles. The third kappa shape index (κ3) is 3.12. The van der Waals surface area contributed by atoms with E-state index in [4.69, 9.17) is 0 Å². The Hall–Kier alpha value is -3.01. The van der Waals surface area contributed by atoms with E-state index < -0.39 is 0 Å². The lowest BCUT2D eigenvalue weighted by Crippen LogP contribution is -2.13.